The van der Waals surface area contributed by atoms with Crippen molar-refractivity contribution in [1.29, 1.82) is 0 Å². The summed E-state index contributed by atoms with van der Waals surface area (Å²) >= 11 is 0. The van der Waals surface area contributed by atoms with Gasteiger partial charge in [0.25, 0.3) is 5.91 Å². The maximum absolute atomic E-state index is 13.6. The third-order valence-electron chi connectivity index (χ3n) is 8.01. The molecule has 2 bridgehead atoms. The van der Waals surface area contributed by atoms with Gasteiger partial charge in [0.05, 0.1) is 24.9 Å². The fraction of sp³-hybridized carbons (Fsp3) is 0.500. The predicted octanol–water partition coefficient (Wildman–Crippen LogP) is 3.90. The monoisotopic (exact) mass is 474 g/mol. The Hall–Kier alpha value is -2.90. The normalized spacial score (nSPS) is 24.7. The van der Waals surface area contributed by atoms with Crippen LogP contribution in [0.3, 0.4) is 0 Å². The molecule has 7 heteroatoms. The number of hydrogen-bond acceptors (Lipinski definition) is 5. The molecule has 3 saturated heterocycles. The minimum absolute atomic E-state index is 0.159. The van der Waals surface area contributed by atoms with Gasteiger partial charge in [0.1, 0.15) is 12.4 Å². The second kappa shape index (κ2) is 9.99. The number of nitrogens with one attached hydrogen (secondary N) is 1. The predicted molar refractivity (Wildman–Crippen MR) is 135 cm³/mol. The number of morpholine rings is 1. The number of aromatic nitrogens is 2. The molecule has 2 aromatic carbocycles. The van der Waals surface area contributed by atoms with Gasteiger partial charge in [-0.1, -0.05) is 18.2 Å². The maximum Gasteiger partial charge on any atom is 0.254 e. The number of H-pyrrole nitrogens is 1. The first-order chi connectivity index (χ1) is 17.2. The van der Waals surface area contributed by atoms with E-state index < -0.39 is 0 Å². The number of amides is 1. The Labute approximate surface area is 206 Å². The molecule has 184 valence electrons. The fourth-order valence-electron chi connectivity index (χ4n) is 6.29. The third kappa shape index (κ3) is 4.80. The summed E-state index contributed by atoms with van der Waals surface area (Å²) in [5, 5.41) is 8.53. The van der Waals surface area contributed by atoms with Crippen molar-refractivity contribution < 1.29 is 14.3 Å². The molecule has 2 atom stereocenters. The van der Waals surface area contributed by atoms with Crippen LogP contribution in [0.25, 0.3) is 10.9 Å². The zero-order chi connectivity index (χ0) is 23.6. The number of hydrogen-bond donors (Lipinski definition) is 1. The van der Waals surface area contributed by atoms with Gasteiger partial charge in [0.2, 0.25) is 0 Å². The molecule has 4 heterocycles. The molecule has 1 aromatic heterocycles. The second-order valence-corrected chi connectivity index (χ2v) is 10.2. The van der Waals surface area contributed by atoms with Crippen molar-refractivity contribution in [3.8, 4) is 5.75 Å². The van der Waals surface area contributed by atoms with Gasteiger partial charge in [-0.25, -0.2) is 0 Å². The smallest absolute Gasteiger partial charge is 0.254 e. The number of piperidine rings is 1. The molecule has 0 aliphatic carbocycles. The van der Waals surface area contributed by atoms with Crippen LogP contribution in [0.5, 0.6) is 5.75 Å². The van der Waals surface area contributed by atoms with Crippen LogP contribution < -0.4 is 4.74 Å². The molecule has 0 radical (unpaired) electrons. The molecule has 0 saturated carbocycles. The number of fused-ring (bicyclic) bond motifs is 3. The van der Waals surface area contributed by atoms with E-state index in [-0.39, 0.29) is 5.91 Å². The number of benzene rings is 2. The number of aromatic amines is 1. The van der Waals surface area contributed by atoms with E-state index in [4.69, 9.17) is 9.47 Å². The highest BCUT2D eigenvalue weighted by atomic mass is 16.5. The van der Waals surface area contributed by atoms with Gasteiger partial charge in [-0.15, -0.1) is 0 Å². The highest BCUT2D eigenvalue weighted by Gasteiger charge is 2.43. The zero-order valence-electron chi connectivity index (χ0n) is 20.2. The Kier molecular flexibility index (Phi) is 6.44. The standard InChI is InChI=1S/C28H34N4O3/c33-28(22-4-1-5-25(18-22)35-14-11-31-9-12-34-13-10-31)32-23-7-8-24(32)17-20(16-23)15-21-3-2-6-27-26(21)19-29-30-27/h1-6,18-20,23-24H,7-17H2,(H,29,30)/t23-,24-/m0/s1. The van der Waals surface area contributed by atoms with Crippen molar-refractivity contribution in [1.82, 2.24) is 20.0 Å². The summed E-state index contributed by atoms with van der Waals surface area (Å²) in [6, 6.07) is 14.8. The van der Waals surface area contributed by atoms with E-state index in [0.717, 1.165) is 81.8 Å². The summed E-state index contributed by atoms with van der Waals surface area (Å²) in [6.07, 6.45) is 7.36. The highest BCUT2D eigenvalue weighted by molar-refractivity contribution is 5.95. The lowest BCUT2D eigenvalue weighted by molar-refractivity contribution is 0.0322. The Bertz CT molecular complexity index is 1160. The SMILES string of the molecule is O=C(c1cccc(OCCN2CCOCC2)c1)N1[C@H]2CC[C@H]1CC(Cc1cccc3[nH]ncc13)C2. The van der Waals surface area contributed by atoms with E-state index >= 15 is 0 Å². The van der Waals surface area contributed by atoms with Gasteiger partial charge < -0.3 is 14.4 Å². The molecule has 0 unspecified atom stereocenters. The average Bonchev–Trinajstić information content (AvgIpc) is 3.47. The first-order valence-electron chi connectivity index (χ1n) is 13.0. The summed E-state index contributed by atoms with van der Waals surface area (Å²) in [6.45, 7) is 5.00. The zero-order valence-corrected chi connectivity index (χ0v) is 20.2. The summed E-state index contributed by atoms with van der Waals surface area (Å²) in [7, 11) is 0. The van der Waals surface area contributed by atoms with Gasteiger partial charge in [-0.05, 0) is 67.9 Å². The van der Waals surface area contributed by atoms with Crippen LogP contribution >= 0.6 is 0 Å². The molecule has 6 rings (SSSR count). The molecule has 3 aliphatic heterocycles. The number of ether oxygens (including phenoxy) is 2. The number of carbonyl (C=O) groups is 1. The van der Waals surface area contributed by atoms with E-state index in [9.17, 15) is 4.79 Å². The third-order valence-corrected chi connectivity index (χ3v) is 8.01. The Morgan fingerprint density at radius 1 is 1.09 bits per heavy atom. The average molecular weight is 475 g/mol. The van der Waals surface area contributed by atoms with Crippen LogP contribution in [0.2, 0.25) is 0 Å². The Morgan fingerprint density at radius 2 is 1.89 bits per heavy atom. The molecule has 1 amide bonds. The molecule has 1 N–H and O–H groups in total. The van der Waals surface area contributed by atoms with Crippen LogP contribution in [0.4, 0.5) is 0 Å². The van der Waals surface area contributed by atoms with E-state index in [1.807, 2.05) is 30.5 Å². The van der Waals surface area contributed by atoms with E-state index in [1.165, 1.54) is 10.9 Å². The van der Waals surface area contributed by atoms with Crippen LogP contribution in [-0.2, 0) is 11.2 Å². The molecule has 3 aromatic rings. The van der Waals surface area contributed by atoms with Gasteiger partial charge in [0, 0.05) is 42.7 Å². The van der Waals surface area contributed by atoms with Crippen LogP contribution in [-0.4, -0.2) is 77.4 Å². The number of rotatable bonds is 7. The van der Waals surface area contributed by atoms with Crippen molar-refractivity contribution in [2.24, 2.45) is 5.92 Å². The summed E-state index contributed by atoms with van der Waals surface area (Å²) in [4.78, 5) is 18.1. The molecule has 3 fully saturated rings. The minimum Gasteiger partial charge on any atom is -0.492 e. The quantitative estimate of drug-likeness (QED) is 0.562. The van der Waals surface area contributed by atoms with E-state index in [2.05, 4.69) is 38.2 Å². The lowest BCUT2D eigenvalue weighted by Crippen LogP contribution is -2.46. The van der Waals surface area contributed by atoms with Crippen LogP contribution in [0, 0.1) is 5.92 Å². The molecule has 3 aliphatic rings. The fourth-order valence-corrected chi connectivity index (χ4v) is 6.29. The molecular weight excluding hydrogens is 440 g/mol. The molecule has 0 spiro atoms. The van der Waals surface area contributed by atoms with Crippen molar-refractivity contribution >= 4 is 16.8 Å². The largest absolute Gasteiger partial charge is 0.492 e. The first kappa shape index (κ1) is 22.6. The first-order valence-corrected chi connectivity index (χ1v) is 13.0. The van der Waals surface area contributed by atoms with Crippen molar-refractivity contribution in [3.63, 3.8) is 0 Å². The van der Waals surface area contributed by atoms with Crippen molar-refractivity contribution in [2.45, 2.75) is 44.2 Å². The minimum atomic E-state index is 0.159. The highest BCUT2D eigenvalue weighted by Crippen LogP contribution is 2.41. The lowest BCUT2D eigenvalue weighted by Gasteiger charge is -2.39. The van der Waals surface area contributed by atoms with Gasteiger partial charge in [-0.2, -0.15) is 5.10 Å². The maximum atomic E-state index is 13.6. The summed E-state index contributed by atoms with van der Waals surface area (Å²) < 4.78 is 11.4. The van der Waals surface area contributed by atoms with Crippen LogP contribution in [0.1, 0.15) is 41.6 Å². The van der Waals surface area contributed by atoms with Gasteiger partial charge in [0.15, 0.2) is 0 Å². The number of nitrogens with zero attached hydrogens (tertiary/aromatic N) is 3. The van der Waals surface area contributed by atoms with Crippen molar-refractivity contribution in [3.05, 3.63) is 59.8 Å². The van der Waals surface area contributed by atoms with Gasteiger partial charge >= 0.3 is 0 Å². The van der Waals surface area contributed by atoms with E-state index in [0.29, 0.717) is 24.6 Å². The van der Waals surface area contributed by atoms with Crippen LogP contribution in [0.15, 0.2) is 48.7 Å². The molecule has 35 heavy (non-hydrogen) atoms. The summed E-state index contributed by atoms with van der Waals surface area (Å²) in [5.41, 5.74) is 3.21. The molecular formula is C28H34N4O3. The summed E-state index contributed by atoms with van der Waals surface area (Å²) in [5.74, 6) is 1.54. The Balaban J connectivity index is 1.08. The topological polar surface area (TPSA) is 70.7 Å². The van der Waals surface area contributed by atoms with Crippen molar-refractivity contribution in [2.75, 3.05) is 39.5 Å². The second-order valence-electron chi connectivity index (χ2n) is 10.2. The Morgan fingerprint density at radius 3 is 2.71 bits per heavy atom. The number of carbonyl (C=O) groups excluding carboxylic acids is 1. The molecule has 7 nitrogen and oxygen atoms in total. The van der Waals surface area contributed by atoms with Gasteiger partial charge in [-0.3, -0.25) is 14.8 Å². The lowest BCUT2D eigenvalue weighted by atomic mass is 9.85. The van der Waals surface area contributed by atoms with E-state index in [1.54, 1.807) is 0 Å².